The Bertz CT molecular complexity index is 645. The zero-order chi connectivity index (χ0) is 15.2. The number of benzene rings is 1. The first kappa shape index (κ1) is 16.1. The predicted octanol–water partition coefficient (Wildman–Crippen LogP) is 4.61. The van der Waals surface area contributed by atoms with Crippen LogP contribution in [0.4, 0.5) is 0 Å². The van der Waals surface area contributed by atoms with Gasteiger partial charge in [0, 0.05) is 23.8 Å². The van der Waals surface area contributed by atoms with Crippen LogP contribution in [0.25, 0.3) is 10.9 Å². The Balaban J connectivity index is 2.40. The number of thioether (sulfide) groups is 1. The molecule has 2 rings (SSSR count). The molecule has 0 N–H and O–H groups in total. The van der Waals surface area contributed by atoms with Crippen LogP contribution in [0.2, 0.25) is 5.02 Å². The lowest BCUT2D eigenvalue weighted by molar-refractivity contribution is 0.0981. The fourth-order valence-corrected chi connectivity index (χ4v) is 2.63. The highest BCUT2D eigenvalue weighted by Gasteiger charge is 2.15. The molecule has 0 unspecified atom stereocenters. The second-order valence-corrected chi connectivity index (χ2v) is 6.02. The van der Waals surface area contributed by atoms with Gasteiger partial charge in [0.15, 0.2) is 5.78 Å². The van der Waals surface area contributed by atoms with Gasteiger partial charge >= 0.3 is 0 Å². The van der Waals surface area contributed by atoms with E-state index < -0.39 is 0 Å². The maximum absolute atomic E-state index is 12.0. The molecule has 0 aliphatic carbocycles. The molecule has 0 spiro atoms. The van der Waals surface area contributed by atoms with E-state index >= 15 is 0 Å². The van der Waals surface area contributed by atoms with Crippen molar-refractivity contribution in [3.63, 3.8) is 0 Å². The number of fused-ring (bicyclic) bond motifs is 1. The molecule has 0 saturated carbocycles. The zero-order valence-electron chi connectivity index (χ0n) is 12.2. The van der Waals surface area contributed by atoms with Gasteiger partial charge in [-0.3, -0.25) is 9.78 Å². The molecule has 0 aliphatic rings. The quantitative estimate of drug-likeness (QED) is 0.551. The van der Waals surface area contributed by atoms with Crippen molar-refractivity contribution in [1.82, 2.24) is 4.98 Å². The van der Waals surface area contributed by atoms with E-state index in [2.05, 4.69) is 4.98 Å². The highest BCUT2D eigenvalue weighted by Crippen LogP contribution is 2.31. The van der Waals surface area contributed by atoms with Gasteiger partial charge in [-0.2, -0.15) is 11.8 Å². The topological polar surface area (TPSA) is 39.2 Å². The highest BCUT2D eigenvalue weighted by atomic mass is 35.5. The van der Waals surface area contributed by atoms with Gasteiger partial charge in [0.1, 0.15) is 11.3 Å². The maximum Gasteiger partial charge on any atom is 0.165 e. The monoisotopic (exact) mass is 323 g/mol. The van der Waals surface area contributed by atoms with Crippen molar-refractivity contribution in [2.75, 3.05) is 18.6 Å². The molecular formula is C16H18ClNO2S. The molecule has 0 radical (unpaired) electrons. The molecule has 1 aromatic heterocycles. The molecule has 21 heavy (non-hydrogen) atoms. The number of pyridine rings is 1. The SMILES string of the molecule is CCCC(=O)c1cnc2c(OCCSC)cccc2c1Cl. The smallest absolute Gasteiger partial charge is 0.165 e. The normalized spacial score (nSPS) is 10.8. The number of hydrogen-bond donors (Lipinski definition) is 0. The summed E-state index contributed by atoms with van der Waals surface area (Å²) in [5, 5.41) is 1.23. The lowest BCUT2D eigenvalue weighted by Gasteiger charge is -2.10. The standard InChI is InChI=1S/C16H18ClNO2S/c1-3-5-13(19)12-10-18-16-11(15(12)17)6-4-7-14(16)20-8-9-21-2/h4,6-7,10H,3,5,8-9H2,1-2H3. The van der Waals surface area contributed by atoms with E-state index in [9.17, 15) is 4.79 Å². The highest BCUT2D eigenvalue weighted by molar-refractivity contribution is 7.98. The molecule has 5 heteroatoms. The first-order chi connectivity index (χ1) is 10.2. The van der Waals surface area contributed by atoms with Gasteiger partial charge < -0.3 is 4.74 Å². The average molecular weight is 324 g/mol. The first-order valence-electron chi connectivity index (χ1n) is 6.91. The molecule has 3 nitrogen and oxygen atoms in total. The van der Waals surface area contributed by atoms with Gasteiger partial charge in [0.2, 0.25) is 0 Å². The summed E-state index contributed by atoms with van der Waals surface area (Å²) in [5.74, 6) is 1.65. The van der Waals surface area contributed by atoms with Crippen molar-refractivity contribution in [1.29, 1.82) is 0 Å². The Kier molecular flexibility index (Phi) is 5.88. The minimum atomic E-state index is 0.0330. The third-order valence-corrected chi connectivity index (χ3v) is 4.10. The van der Waals surface area contributed by atoms with E-state index in [1.54, 1.807) is 18.0 Å². The maximum atomic E-state index is 12.0. The minimum absolute atomic E-state index is 0.0330. The second kappa shape index (κ2) is 7.66. The summed E-state index contributed by atoms with van der Waals surface area (Å²) in [6, 6.07) is 5.62. The van der Waals surface area contributed by atoms with Gasteiger partial charge in [0.25, 0.3) is 0 Å². The number of halogens is 1. The molecule has 0 saturated heterocycles. The Hall–Kier alpha value is -1.26. The second-order valence-electron chi connectivity index (χ2n) is 4.65. The van der Waals surface area contributed by atoms with Crippen LogP contribution in [0.3, 0.4) is 0 Å². The fourth-order valence-electron chi connectivity index (χ4n) is 2.07. The summed E-state index contributed by atoms with van der Waals surface area (Å²) < 4.78 is 5.74. The average Bonchev–Trinajstić information content (AvgIpc) is 2.48. The number of carbonyl (C=O) groups is 1. The summed E-state index contributed by atoms with van der Waals surface area (Å²) in [5.41, 5.74) is 1.20. The van der Waals surface area contributed by atoms with Crippen molar-refractivity contribution >= 4 is 40.0 Å². The molecule has 1 aromatic carbocycles. The number of ether oxygens (including phenoxy) is 1. The van der Waals surface area contributed by atoms with Crippen LogP contribution in [-0.2, 0) is 0 Å². The third-order valence-electron chi connectivity index (χ3n) is 3.12. The van der Waals surface area contributed by atoms with Crippen molar-refractivity contribution in [2.45, 2.75) is 19.8 Å². The summed E-state index contributed by atoms with van der Waals surface area (Å²) in [7, 11) is 0. The summed E-state index contributed by atoms with van der Waals surface area (Å²) in [4.78, 5) is 16.4. The van der Waals surface area contributed by atoms with E-state index in [-0.39, 0.29) is 5.78 Å². The number of hydrogen-bond acceptors (Lipinski definition) is 4. The van der Waals surface area contributed by atoms with Crippen LogP contribution in [-0.4, -0.2) is 29.4 Å². The van der Waals surface area contributed by atoms with Crippen molar-refractivity contribution in [3.8, 4) is 5.75 Å². The summed E-state index contributed by atoms with van der Waals surface area (Å²) in [6.07, 6.45) is 4.87. The van der Waals surface area contributed by atoms with E-state index in [0.717, 1.165) is 17.6 Å². The largest absolute Gasteiger partial charge is 0.490 e. The van der Waals surface area contributed by atoms with Crippen molar-refractivity contribution in [3.05, 3.63) is 35.0 Å². The van der Waals surface area contributed by atoms with E-state index in [4.69, 9.17) is 16.3 Å². The molecular weight excluding hydrogens is 306 g/mol. The predicted molar refractivity (Wildman–Crippen MR) is 89.9 cm³/mol. The minimum Gasteiger partial charge on any atom is -0.490 e. The van der Waals surface area contributed by atoms with Crippen LogP contribution in [0.1, 0.15) is 30.1 Å². The molecule has 112 valence electrons. The molecule has 0 amide bonds. The number of carbonyl (C=O) groups excluding carboxylic acids is 1. The van der Waals surface area contributed by atoms with Gasteiger partial charge in [-0.25, -0.2) is 0 Å². The number of rotatable bonds is 7. The number of para-hydroxylation sites is 1. The van der Waals surface area contributed by atoms with Crippen LogP contribution < -0.4 is 4.74 Å². The Labute approximate surface area is 134 Å². The number of aromatic nitrogens is 1. The van der Waals surface area contributed by atoms with Crippen LogP contribution >= 0.6 is 23.4 Å². The van der Waals surface area contributed by atoms with E-state index in [0.29, 0.717) is 34.9 Å². The van der Waals surface area contributed by atoms with Crippen molar-refractivity contribution < 1.29 is 9.53 Å². The Morgan fingerprint density at radius 1 is 1.43 bits per heavy atom. The summed E-state index contributed by atoms with van der Waals surface area (Å²) in [6.45, 7) is 2.59. The van der Waals surface area contributed by atoms with E-state index in [1.165, 1.54) is 0 Å². The van der Waals surface area contributed by atoms with Gasteiger partial charge in [-0.15, -0.1) is 0 Å². The summed E-state index contributed by atoms with van der Waals surface area (Å²) >= 11 is 8.11. The molecule has 1 heterocycles. The number of nitrogens with zero attached hydrogens (tertiary/aromatic N) is 1. The number of Topliss-reactive ketones (excluding diaryl/α,β-unsaturated/α-hetero) is 1. The van der Waals surface area contributed by atoms with Crippen LogP contribution in [0.15, 0.2) is 24.4 Å². The lowest BCUT2D eigenvalue weighted by atomic mass is 10.1. The Morgan fingerprint density at radius 2 is 2.24 bits per heavy atom. The van der Waals surface area contributed by atoms with E-state index in [1.807, 2.05) is 31.4 Å². The zero-order valence-corrected chi connectivity index (χ0v) is 13.8. The third kappa shape index (κ3) is 3.69. The lowest BCUT2D eigenvalue weighted by Crippen LogP contribution is -2.03. The van der Waals surface area contributed by atoms with Gasteiger partial charge in [-0.1, -0.05) is 30.7 Å². The fraction of sp³-hybridized carbons (Fsp3) is 0.375. The molecule has 0 bridgehead atoms. The number of ketones is 1. The Morgan fingerprint density at radius 3 is 2.95 bits per heavy atom. The van der Waals surface area contributed by atoms with Crippen LogP contribution in [0.5, 0.6) is 5.75 Å². The van der Waals surface area contributed by atoms with Gasteiger partial charge in [0.05, 0.1) is 17.2 Å². The molecule has 0 atom stereocenters. The van der Waals surface area contributed by atoms with Crippen LogP contribution in [0, 0.1) is 0 Å². The van der Waals surface area contributed by atoms with Crippen molar-refractivity contribution in [2.24, 2.45) is 0 Å². The van der Waals surface area contributed by atoms with Gasteiger partial charge in [-0.05, 0) is 18.7 Å². The first-order valence-corrected chi connectivity index (χ1v) is 8.68. The molecule has 0 fully saturated rings. The molecule has 2 aromatic rings. The molecule has 0 aliphatic heterocycles.